The summed E-state index contributed by atoms with van der Waals surface area (Å²) in [5, 5.41) is 0. The van der Waals surface area contributed by atoms with Gasteiger partial charge < -0.3 is 4.74 Å². The van der Waals surface area contributed by atoms with Crippen LogP contribution >= 0.6 is 11.3 Å². The second-order valence-corrected chi connectivity index (χ2v) is 3.29. The molecule has 4 heteroatoms. The molecule has 12 heavy (non-hydrogen) atoms. The first-order valence-electron chi connectivity index (χ1n) is 3.64. The largest absolute Gasteiger partial charge is 0.489 e. The smallest absolute Gasteiger partial charge is 0.238 e. The summed E-state index contributed by atoms with van der Waals surface area (Å²) in [5.74, 6) is 0.425. The number of rotatable bonds is 2. The molecule has 1 aromatic heterocycles. The van der Waals surface area contributed by atoms with Crippen LogP contribution < -0.4 is 0 Å². The number of thiazole rings is 1. The molecule has 0 aliphatic carbocycles. The van der Waals surface area contributed by atoms with Crippen molar-refractivity contribution in [1.29, 1.82) is 0 Å². The molecule has 0 amide bonds. The summed E-state index contributed by atoms with van der Waals surface area (Å²) in [7, 11) is 0. The Bertz CT molecular complexity index is 316. The van der Waals surface area contributed by atoms with Gasteiger partial charge in [-0.15, -0.1) is 11.3 Å². The van der Waals surface area contributed by atoms with Gasteiger partial charge in [-0.2, -0.15) is 0 Å². The monoisotopic (exact) mass is 181 g/mol. The molecule has 0 radical (unpaired) electrons. The second kappa shape index (κ2) is 3.06. The Morgan fingerprint density at radius 3 is 3.17 bits per heavy atom. The van der Waals surface area contributed by atoms with Gasteiger partial charge in [0.05, 0.1) is 17.0 Å². The topological polar surface area (TPSA) is 39.2 Å². The number of carbonyl (C=O) groups excluding carboxylic acids is 1. The van der Waals surface area contributed by atoms with Gasteiger partial charge in [0.15, 0.2) is 5.76 Å². The molecule has 1 aliphatic heterocycles. The van der Waals surface area contributed by atoms with Crippen molar-refractivity contribution in [2.24, 2.45) is 0 Å². The predicted molar refractivity (Wildman–Crippen MR) is 45.1 cm³/mol. The molecular weight excluding hydrogens is 174 g/mol. The van der Waals surface area contributed by atoms with Crippen molar-refractivity contribution >= 4 is 17.1 Å². The summed E-state index contributed by atoms with van der Waals surface area (Å²) in [5.41, 5.74) is 1.64. The second-order valence-electron chi connectivity index (χ2n) is 2.40. The van der Waals surface area contributed by atoms with E-state index in [4.69, 9.17) is 4.74 Å². The van der Waals surface area contributed by atoms with Gasteiger partial charge in [-0.05, 0) is 6.08 Å². The first-order chi connectivity index (χ1) is 5.88. The van der Waals surface area contributed by atoms with Crippen molar-refractivity contribution in [3.8, 4) is 0 Å². The molecule has 0 aromatic carbocycles. The lowest BCUT2D eigenvalue weighted by molar-refractivity contribution is 0.0946. The van der Waals surface area contributed by atoms with Crippen molar-refractivity contribution in [1.82, 2.24) is 4.98 Å². The molecule has 0 bridgehead atoms. The van der Waals surface area contributed by atoms with Crippen LogP contribution in [0.2, 0.25) is 0 Å². The summed E-state index contributed by atoms with van der Waals surface area (Å²) < 4.78 is 5.13. The van der Waals surface area contributed by atoms with Crippen LogP contribution in [-0.2, 0) is 4.74 Å². The molecular formula is C8H7NO2S. The average molecular weight is 181 g/mol. The summed E-state index contributed by atoms with van der Waals surface area (Å²) >= 11 is 1.34. The zero-order chi connectivity index (χ0) is 8.39. The summed E-state index contributed by atoms with van der Waals surface area (Å²) in [6.45, 7) is 0.625. The number of hydrogen-bond acceptors (Lipinski definition) is 4. The molecule has 62 valence electrons. The standard InChI is InChI=1S/C8H7NO2S/c10-8(6-2-1-3-11-6)7-4-9-5-12-7/h2,4-5H,1,3H2. The van der Waals surface area contributed by atoms with Gasteiger partial charge in [0.25, 0.3) is 0 Å². The Morgan fingerprint density at radius 2 is 2.58 bits per heavy atom. The Balaban J connectivity index is 2.20. The van der Waals surface area contributed by atoms with E-state index in [1.54, 1.807) is 11.7 Å². The minimum atomic E-state index is -0.0463. The van der Waals surface area contributed by atoms with Gasteiger partial charge in [-0.25, -0.2) is 0 Å². The molecule has 0 atom stereocenters. The third kappa shape index (κ3) is 1.25. The maximum Gasteiger partial charge on any atom is 0.238 e. The van der Waals surface area contributed by atoms with Crippen LogP contribution in [0.5, 0.6) is 0 Å². The van der Waals surface area contributed by atoms with Crippen LogP contribution in [0.25, 0.3) is 0 Å². The van der Waals surface area contributed by atoms with Gasteiger partial charge in [0.2, 0.25) is 5.78 Å². The molecule has 0 fully saturated rings. The van der Waals surface area contributed by atoms with Crippen molar-refractivity contribution in [2.45, 2.75) is 6.42 Å². The molecule has 3 nitrogen and oxygen atoms in total. The highest BCUT2D eigenvalue weighted by Gasteiger charge is 2.17. The summed E-state index contributed by atoms with van der Waals surface area (Å²) in [6.07, 6.45) is 4.22. The Kier molecular flexibility index (Phi) is 1.91. The van der Waals surface area contributed by atoms with Crippen molar-refractivity contribution in [3.05, 3.63) is 28.4 Å². The number of allylic oxidation sites excluding steroid dienone is 1. The van der Waals surface area contributed by atoms with Crippen LogP contribution in [0.1, 0.15) is 16.1 Å². The quantitative estimate of drug-likeness (QED) is 0.651. The number of Topliss-reactive ketones (excluding diaryl/α,β-unsaturated/α-hetero) is 1. The number of hydrogen-bond donors (Lipinski definition) is 0. The van der Waals surface area contributed by atoms with E-state index < -0.39 is 0 Å². The van der Waals surface area contributed by atoms with E-state index in [-0.39, 0.29) is 5.78 Å². The lowest BCUT2D eigenvalue weighted by Crippen LogP contribution is -2.01. The summed E-state index contributed by atoms with van der Waals surface area (Å²) in [4.78, 5) is 16.0. The number of ether oxygens (including phenoxy) is 1. The molecule has 0 N–H and O–H groups in total. The summed E-state index contributed by atoms with van der Waals surface area (Å²) in [6, 6.07) is 0. The fourth-order valence-corrected chi connectivity index (χ4v) is 1.59. The highest BCUT2D eigenvalue weighted by atomic mass is 32.1. The van der Waals surface area contributed by atoms with Crippen LogP contribution in [-0.4, -0.2) is 17.4 Å². The third-order valence-corrected chi connectivity index (χ3v) is 2.36. The zero-order valence-corrected chi connectivity index (χ0v) is 7.13. The van der Waals surface area contributed by atoms with Gasteiger partial charge in [-0.1, -0.05) is 0 Å². The molecule has 0 saturated carbocycles. The van der Waals surface area contributed by atoms with E-state index >= 15 is 0 Å². The highest BCUT2D eigenvalue weighted by Crippen LogP contribution is 2.17. The third-order valence-electron chi connectivity index (χ3n) is 1.59. The van der Waals surface area contributed by atoms with Gasteiger partial charge in [0, 0.05) is 12.6 Å². The molecule has 2 heterocycles. The molecule has 0 spiro atoms. The zero-order valence-electron chi connectivity index (χ0n) is 6.32. The van der Waals surface area contributed by atoms with E-state index in [0.717, 1.165) is 6.42 Å². The minimum Gasteiger partial charge on any atom is -0.489 e. The molecule has 0 saturated heterocycles. The van der Waals surface area contributed by atoms with Crippen molar-refractivity contribution in [3.63, 3.8) is 0 Å². The number of carbonyl (C=O) groups is 1. The first kappa shape index (κ1) is 7.49. The molecule has 0 unspecified atom stereocenters. The maximum atomic E-state index is 11.5. The average Bonchev–Trinajstić information content (AvgIpc) is 2.77. The van der Waals surface area contributed by atoms with Crippen LogP contribution in [0, 0.1) is 0 Å². The van der Waals surface area contributed by atoms with Crippen molar-refractivity contribution in [2.75, 3.05) is 6.61 Å². The Labute approximate surface area is 73.7 Å². The number of aromatic nitrogens is 1. The highest BCUT2D eigenvalue weighted by molar-refractivity contribution is 7.11. The number of nitrogens with zero attached hydrogens (tertiary/aromatic N) is 1. The SMILES string of the molecule is O=C(C1=CCCO1)c1cncs1. The molecule has 1 aromatic rings. The van der Waals surface area contributed by atoms with Crippen LogP contribution in [0.15, 0.2) is 23.5 Å². The van der Waals surface area contributed by atoms with E-state index in [9.17, 15) is 4.79 Å². The van der Waals surface area contributed by atoms with E-state index in [1.165, 1.54) is 11.3 Å². The van der Waals surface area contributed by atoms with E-state index in [1.807, 2.05) is 6.08 Å². The number of ketones is 1. The lowest BCUT2D eigenvalue weighted by Gasteiger charge is -1.98. The van der Waals surface area contributed by atoms with Gasteiger partial charge in [-0.3, -0.25) is 9.78 Å². The predicted octanol–water partition coefficient (Wildman–Crippen LogP) is 1.63. The fraction of sp³-hybridized carbons (Fsp3) is 0.250. The minimum absolute atomic E-state index is 0.0463. The van der Waals surface area contributed by atoms with Crippen molar-refractivity contribution < 1.29 is 9.53 Å². The lowest BCUT2D eigenvalue weighted by atomic mass is 10.3. The Hall–Kier alpha value is -1.16. The molecule has 1 aliphatic rings. The maximum absolute atomic E-state index is 11.5. The normalized spacial score (nSPS) is 15.5. The Morgan fingerprint density at radius 1 is 1.67 bits per heavy atom. The molecule has 2 rings (SSSR count). The first-order valence-corrected chi connectivity index (χ1v) is 4.52. The van der Waals surface area contributed by atoms with E-state index in [2.05, 4.69) is 4.98 Å². The van der Waals surface area contributed by atoms with Gasteiger partial charge in [0.1, 0.15) is 0 Å². The fourth-order valence-electron chi connectivity index (χ4n) is 1.03. The van der Waals surface area contributed by atoms with Crippen LogP contribution in [0.4, 0.5) is 0 Å². The van der Waals surface area contributed by atoms with E-state index in [0.29, 0.717) is 17.2 Å². The van der Waals surface area contributed by atoms with Gasteiger partial charge >= 0.3 is 0 Å². The van der Waals surface area contributed by atoms with Crippen LogP contribution in [0.3, 0.4) is 0 Å².